The van der Waals surface area contributed by atoms with E-state index in [-0.39, 0.29) is 6.10 Å². The Kier molecular flexibility index (Phi) is 2.69. The Morgan fingerprint density at radius 1 is 1.29 bits per heavy atom. The topological polar surface area (TPSA) is 20.2 Å². The van der Waals surface area contributed by atoms with Crippen molar-refractivity contribution in [3.8, 4) is 0 Å². The quantitative estimate of drug-likeness (QED) is 0.718. The van der Waals surface area contributed by atoms with Crippen molar-refractivity contribution >= 4 is 5.57 Å². The molecule has 74 valence electrons. The molecule has 1 unspecified atom stereocenters. The van der Waals surface area contributed by atoms with E-state index < -0.39 is 0 Å². The van der Waals surface area contributed by atoms with Crippen LogP contribution in [0.4, 0.5) is 0 Å². The summed E-state index contributed by atoms with van der Waals surface area (Å²) >= 11 is 0. The third kappa shape index (κ3) is 1.88. The van der Waals surface area contributed by atoms with Crippen LogP contribution in [-0.4, -0.2) is 11.2 Å². The monoisotopic (exact) mass is 188 g/mol. The van der Waals surface area contributed by atoms with Crippen LogP contribution < -0.4 is 0 Å². The van der Waals surface area contributed by atoms with Crippen LogP contribution in [0.3, 0.4) is 0 Å². The van der Waals surface area contributed by atoms with Gasteiger partial charge in [0, 0.05) is 0 Å². The molecule has 1 aliphatic rings. The summed E-state index contributed by atoms with van der Waals surface area (Å²) < 4.78 is 0. The number of aliphatic hydroxyl groups is 1. The van der Waals surface area contributed by atoms with Gasteiger partial charge < -0.3 is 5.11 Å². The largest absolute Gasteiger partial charge is 0.393 e. The van der Waals surface area contributed by atoms with Gasteiger partial charge in [-0.15, -0.1) is 0 Å². The summed E-state index contributed by atoms with van der Waals surface area (Å²) in [7, 11) is 0. The van der Waals surface area contributed by atoms with Gasteiger partial charge in [0.25, 0.3) is 0 Å². The van der Waals surface area contributed by atoms with E-state index in [9.17, 15) is 5.11 Å². The van der Waals surface area contributed by atoms with E-state index in [0.29, 0.717) is 0 Å². The van der Waals surface area contributed by atoms with Crippen LogP contribution in [0.2, 0.25) is 0 Å². The molecule has 2 rings (SSSR count). The van der Waals surface area contributed by atoms with Crippen LogP contribution in [0, 0.1) is 6.92 Å². The molecule has 0 saturated heterocycles. The van der Waals surface area contributed by atoms with Crippen LogP contribution in [0.5, 0.6) is 0 Å². The van der Waals surface area contributed by atoms with Crippen molar-refractivity contribution in [2.75, 3.05) is 0 Å². The molecular formula is C13H16O. The van der Waals surface area contributed by atoms with Crippen LogP contribution in [0.1, 0.15) is 30.4 Å². The van der Waals surface area contributed by atoms with Gasteiger partial charge >= 0.3 is 0 Å². The van der Waals surface area contributed by atoms with E-state index >= 15 is 0 Å². The maximum atomic E-state index is 9.40. The first-order valence-electron chi connectivity index (χ1n) is 5.20. The Morgan fingerprint density at radius 3 is 2.71 bits per heavy atom. The van der Waals surface area contributed by atoms with Gasteiger partial charge in [-0.05, 0) is 42.9 Å². The Hall–Kier alpha value is -1.08. The second-order valence-electron chi connectivity index (χ2n) is 3.97. The Labute approximate surface area is 85.1 Å². The predicted octanol–water partition coefficient (Wildman–Crippen LogP) is 2.92. The summed E-state index contributed by atoms with van der Waals surface area (Å²) in [6, 6.07) is 8.45. The number of allylic oxidation sites excluding steroid dienone is 1. The van der Waals surface area contributed by atoms with Crippen molar-refractivity contribution < 1.29 is 5.11 Å². The van der Waals surface area contributed by atoms with Gasteiger partial charge in [-0.2, -0.15) is 0 Å². The highest BCUT2D eigenvalue weighted by atomic mass is 16.3. The molecule has 0 aromatic heterocycles. The first kappa shape index (κ1) is 9.47. The normalized spacial score (nSPS) is 21.9. The standard InChI is InChI=1S/C13H16O/c1-10-4-2-3-5-13(10)11-6-8-12(14)9-7-11/h2-6,12,14H,7-9H2,1H3. The van der Waals surface area contributed by atoms with Crippen LogP contribution in [0.15, 0.2) is 30.3 Å². The third-order valence-electron chi connectivity index (χ3n) is 2.87. The lowest BCUT2D eigenvalue weighted by Gasteiger charge is -2.18. The molecule has 1 heteroatoms. The third-order valence-corrected chi connectivity index (χ3v) is 2.87. The lowest BCUT2D eigenvalue weighted by atomic mass is 9.90. The molecule has 0 saturated carbocycles. The molecule has 1 aliphatic carbocycles. The highest BCUT2D eigenvalue weighted by Gasteiger charge is 2.13. The van der Waals surface area contributed by atoms with Gasteiger partial charge in [0.2, 0.25) is 0 Å². The van der Waals surface area contributed by atoms with E-state index in [1.807, 2.05) is 0 Å². The van der Waals surface area contributed by atoms with Crippen LogP contribution >= 0.6 is 0 Å². The molecule has 0 amide bonds. The van der Waals surface area contributed by atoms with Crippen LogP contribution in [-0.2, 0) is 0 Å². The molecule has 1 N–H and O–H groups in total. The maximum absolute atomic E-state index is 9.40. The molecule has 0 radical (unpaired) electrons. The van der Waals surface area contributed by atoms with Crippen molar-refractivity contribution in [3.63, 3.8) is 0 Å². The molecule has 1 atom stereocenters. The van der Waals surface area contributed by atoms with E-state index in [0.717, 1.165) is 19.3 Å². The SMILES string of the molecule is Cc1ccccc1C1=CCC(O)CC1. The second-order valence-corrected chi connectivity index (χ2v) is 3.97. The zero-order valence-corrected chi connectivity index (χ0v) is 8.53. The highest BCUT2D eigenvalue weighted by molar-refractivity contribution is 5.68. The van der Waals surface area contributed by atoms with Gasteiger partial charge in [0.1, 0.15) is 0 Å². The average molecular weight is 188 g/mol. The summed E-state index contributed by atoms with van der Waals surface area (Å²) in [5, 5.41) is 9.40. The van der Waals surface area contributed by atoms with Crippen molar-refractivity contribution in [3.05, 3.63) is 41.5 Å². The lowest BCUT2D eigenvalue weighted by Crippen LogP contribution is -2.09. The van der Waals surface area contributed by atoms with Crippen molar-refractivity contribution in [1.29, 1.82) is 0 Å². The summed E-state index contributed by atoms with van der Waals surface area (Å²) in [6.45, 7) is 2.14. The van der Waals surface area contributed by atoms with Gasteiger partial charge in [-0.25, -0.2) is 0 Å². The minimum absolute atomic E-state index is 0.122. The number of aliphatic hydroxyl groups excluding tert-OH is 1. The van der Waals surface area contributed by atoms with E-state index in [1.54, 1.807) is 0 Å². The summed E-state index contributed by atoms with van der Waals surface area (Å²) in [6.07, 6.45) is 4.77. The van der Waals surface area contributed by atoms with E-state index in [1.165, 1.54) is 16.7 Å². The van der Waals surface area contributed by atoms with Gasteiger partial charge in [0.05, 0.1) is 6.10 Å². The van der Waals surface area contributed by atoms with Gasteiger partial charge in [-0.1, -0.05) is 30.3 Å². The molecular weight excluding hydrogens is 172 g/mol. The first-order chi connectivity index (χ1) is 6.77. The minimum Gasteiger partial charge on any atom is -0.393 e. The van der Waals surface area contributed by atoms with Crippen molar-refractivity contribution in [2.45, 2.75) is 32.3 Å². The summed E-state index contributed by atoms with van der Waals surface area (Å²) in [5.74, 6) is 0. The van der Waals surface area contributed by atoms with Crippen molar-refractivity contribution in [1.82, 2.24) is 0 Å². The fourth-order valence-electron chi connectivity index (χ4n) is 2.00. The Bertz CT molecular complexity index is 352. The fourth-order valence-corrected chi connectivity index (χ4v) is 2.00. The second kappa shape index (κ2) is 3.97. The molecule has 1 aromatic carbocycles. The van der Waals surface area contributed by atoms with E-state index in [4.69, 9.17) is 0 Å². The van der Waals surface area contributed by atoms with Gasteiger partial charge in [-0.3, -0.25) is 0 Å². The zero-order chi connectivity index (χ0) is 9.97. The predicted molar refractivity (Wildman–Crippen MR) is 59.0 cm³/mol. The summed E-state index contributed by atoms with van der Waals surface area (Å²) in [5.41, 5.74) is 4.07. The summed E-state index contributed by atoms with van der Waals surface area (Å²) in [4.78, 5) is 0. The number of hydrogen-bond acceptors (Lipinski definition) is 1. The van der Waals surface area contributed by atoms with Crippen LogP contribution in [0.25, 0.3) is 5.57 Å². The van der Waals surface area contributed by atoms with Gasteiger partial charge in [0.15, 0.2) is 0 Å². The molecule has 0 bridgehead atoms. The number of benzene rings is 1. The van der Waals surface area contributed by atoms with E-state index in [2.05, 4.69) is 37.3 Å². The smallest absolute Gasteiger partial charge is 0.0578 e. The molecule has 14 heavy (non-hydrogen) atoms. The molecule has 0 aliphatic heterocycles. The average Bonchev–Trinajstić information content (AvgIpc) is 2.20. The molecule has 1 nitrogen and oxygen atoms in total. The number of rotatable bonds is 1. The number of hydrogen-bond donors (Lipinski definition) is 1. The molecule has 0 spiro atoms. The molecule has 0 heterocycles. The lowest BCUT2D eigenvalue weighted by molar-refractivity contribution is 0.166. The maximum Gasteiger partial charge on any atom is 0.0578 e. The fraction of sp³-hybridized carbons (Fsp3) is 0.385. The Balaban J connectivity index is 2.28. The highest BCUT2D eigenvalue weighted by Crippen LogP contribution is 2.28. The minimum atomic E-state index is -0.122. The molecule has 1 aromatic rings. The van der Waals surface area contributed by atoms with Crippen molar-refractivity contribution in [2.24, 2.45) is 0 Å². The number of aryl methyl sites for hydroxylation is 1. The molecule has 0 fully saturated rings. The Morgan fingerprint density at radius 2 is 2.07 bits per heavy atom. The zero-order valence-electron chi connectivity index (χ0n) is 8.53. The first-order valence-corrected chi connectivity index (χ1v) is 5.20.